The van der Waals surface area contributed by atoms with Crippen molar-refractivity contribution in [1.82, 2.24) is 9.88 Å². The van der Waals surface area contributed by atoms with Crippen LogP contribution in [0.15, 0.2) is 60.8 Å². The molecular formula is C16H18N2. The summed E-state index contributed by atoms with van der Waals surface area (Å²) in [6, 6.07) is 16.4. The Labute approximate surface area is 109 Å². The summed E-state index contributed by atoms with van der Waals surface area (Å²) in [4.78, 5) is 6.48. The van der Waals surface area contributed by atoms with Gasteiger partial charge in [0.2, 0.25) is 0 Å². The molecule has 0 N–H and O–H groups in total. The molecule has 0 fully saturated rings. The van der Waals surface area contributed by atoms with Crippen molar-refractivity contribution in [3.05, 3.63) is 72.1 Å². The van der Waals surface area contributed by atoms with Crippen molar-refractivity contribution in [3.63, 3.8) is 0 Å². The van der Waals surface area contributed by atoms with Gasteiger partial charge in [-0.25, -0.2) is 0 Å². The molecule has 0 saturated carbocycles. The largest absolute Gasteiger partial charge is 0.377 e. The van der Waals surface area contributed by atoms with E-state index in [4.69, 9.17) is 0 Å². The average Bonchev–Trinajstić information content (AvgIpc) is 2.41. The molecule has 92 valence electrons. The summed E-state index contributed by atoms with van der Waals surface area (Å²) >= 11 is 0. The minimum Gasteiger partial charge on any atom is -0.377 e. The summed E-state index contributed by atoms with van der Waals surface area (Å²) in [5.74, 6) is 0. The second-order valence-corrected chi connectivity index (χ2v) is 4.38. The quantitative estimate of drug-likeness (QED) is 0.813. The molecule has 0 spiro atoms. The lowest BCUT2D eigenvalue weighted by molar-refractivity contribution is 0.590. The van der Waals surface area contributed by atoms with Crippen molar-refractivity contribution in [2.45, 2.75) is 6.42 Å². The van der Waals surface area contributed by atoms with Crippen LogP contribution in [0.25, 0.3) is 5.70 Å². The number of aromatic nitrogens is 1. The summed E-state index contributed by atoms with van der Waals surface area (Å²) in [5, 5.41) is 0. The predicted molar refractivity (Wildman–Crippen MR) is 76.0 cm³/mol. The molecule has 18 heavy (non-hydrogen) atoms. The van der Waals surface area contributed by atoms with E-state index in [2.05, 4.69) is 60.4 Å². The summed E-state index contributed by atoms with van der Waals surface area (Å²) < 4.78 is 0. The van der Waals surface area contributed by atoms with E-state index in [-0.39, 0.29) is 0 Å². The molecule has 0 bridgehead atoms. The van der Waals surface area contributed by atoms with E-state index in [1.54, 1.807) is 0 Å². The molecule has 0 atom stereocenters. The van der Waals surface area contributed by atoms with E-state index in [0.29, 0.717) is 0 Å². The van der Waals surface area contributed by atoms with Crippen LogP contribution in [0.4, 0.5) is 0 Å². The Kier molecular flexibility index (Phi) is 4.13. The summed E-state index contributed by atoms with van der Waals surface area (Å²) in [6.45, 7) is 0. The molecule has 1 aromatic carbocycles. The van der Waals surface area contributed by atoms with E-state index < -0.39 is 0 Å². The van der Waals surface area contributed by atoms with E-state index in [0.717, 1.165) is 12.1 Å². The molecule has 0 aliphatic rings. The first-order valence-corrected chi connectivity index (χ1v) is 6.10. The van der Waals surface area contributed by atoms with Gasteiger partial charge in [-0.3, -0.25) is 4.98 Å². The molecule has 0 aliphatic heterocycles. The fourth-order valence-corrected chi connectivity index (χ4v) is 1.89. The highest BCUT2D eigenvalue weighted by Gasteiger charge is 2.02. The number of rotatable bonds is 4. The lowest BCUT2D eigenvalue weighted by Crippen LogP contribution is -2.10. The lowest BCUT2D eigenvalue weighted by atomic mass is 10.1. The van der Waals surface area contributed by atoms with Crippen LogP contribution in [-0.2, 0) is 6.42 Å². The molecule has 1 aromatic heterocycles. The van der Waals surface area contributed by atoms with Crippen molar-refractivity contribution in [3.8, 4) is 0 Å². The fourth-order valence-electron chi connectivity index (χ4n) is 1.89. The molecular weight excluding hydrogens is 220 g/mol. The van der Waals surface area contributed by atoms with E-state index >= 15 is 0 Å². The van der Waals surface area contributed by atoms with Gasteiger partial charge in [0, 0.05) is 38.1 Å². The maximum atomic E-state index is 4.34. The first kappa shape index (κ1) is 12.4. The van der Waals surface area contributed by atoms with Gasteiger partial charge in [-0.15, -0.1) is 0 Å². The monoisotopic (exact) mass is 238 g/mol. The highest BCUT2D eigenvalue weighted by molar-refractivity contribution is 5.63. The Hall–Kier alpha value is -2.09. The van der Waals surface area contributed by atoms with Gasteiger partial charge in [-0.05, 0) is 17.7 Å². The van der Waals surface area contributed by atoms with Gasteiger partial charge in [0.05, 0.1) is 0 Å². The molecule has 0 aliphatic carbocycles. The van der Waals surface area contributed by atoms with Gasteiger partial charge in [0.25, 0.3) is 0 Å². The van der Waals surface area contributed by atoms with E-state index in [1.807, 2.05) is 24.4 Å². The lowest BCUT2D eigenvalue weighted by Gasteiger charge is -2.17. The van der Waals surface area contributed by atoms with Gasteiger partial charge < -0.3 is 4.90 Å². The van der Waals surface area contributed by atoms with Crippen molar-refractivity contribution in [1.29, 1.82) is 0 Å². The fraction of sp³-hybridized carbons (Fsp3) is 0.188. The van der Waals surface area contributed by atoms with Crippen LogP contribution in [0.5, 0.6) is 0 Å². The normalized spacial score (nSPS) is 11.3. The number of benzene rings is 1. The van der Waals surface area contributed by atoms with Gasteiger partial charge >= 0.3 is 0 Å². The van der Waals surface area contributed by atoms with Crippen molar-refractivity contribution < 1.29 is 0 Å². The van der Waals surface area contributed by atoms with Crippen molar-refractivity contribution in [2.75, 3.05) is 14.1 Å². The Bertz CT molecular complexity index is 501. The maximum Gasteiger partial charge on any atom is 0.0442 e. The van der Waals surface area contributed by atoms with Gasteiger partial charge in [0.15, 0.2) is 0 Å². The summed E-state index contributed by atoms with van der Waals surface area (Å²) in [7, 11) is 4.13. The van der Waals surface area contributed by atoms with Crippen LogP contribution in [-0.4, -0.2) is 24.0 Å². The molecule has 0 unspecified atom stereocenters. The van der Waals surface area contributed by atoms with Crippen LogP contribution in [0.2, 0.25) is 0 Å². The van der Waals surface area contributed by atoms with Gasteiger partial charge in [0.1, 0.15) is 0 Å². The zero-order valence-corrected chi connectivity index (χ0v) is 10.9. The number of allylic oxidation sites excluding steroid dienone is 1. The van der Waals surface area contributed by atoms with E-state index in [9.17, 15) is 0 Å². The number of nitrogens with zero attached hydrogens (tertiary/aromatic N) is 2. The molecule has 0 amide bonds. The standard InChI is InChI=1S/C16H18N2/c1-18(2)16(14-8-4-3-5-9-14)12-11-15-10-6-7-13-17-15/h3-10,12-13H,11H2,1-2H3. The highest BCUT2D eigenvalue weighted by atomic mass is 15.1. The van der Waals surface area contributed by atoms with E-state index in [1.165, 1.54) is 11.3 Å². The van der Waals surface area contributed by atoms with Gasteiger partial charge in [-0.1, -0.05) is 42.5 Å². The zero-order chi connectivity index (χ0) is 12.8. The number of hydrogen-bond donors (Lipinski definition) is 0. The molecule has 2 heteroatoms. The van der Waals surface area contributed by atoms with Crippen LogP contribution in [0, 0.1) is 0 Å². The second kappa shape index (κ2) is 6.01. The maximum absolute atomic E-state index is 4.34. The third-order valence-corrected chi connectivity index (χ3v) is 2.78. The Morgan fingerprint density at radius 3 is 2.39 bits per heavy atom. The highest BCUT2D eigenvalue weighted by Crippen LogP contribution is 2.16. The van der Waals surface area contributed by atoms with Crippen molar-refractivity contribution in [2.24, 2.45) is 0 Å². The Morgan fingerprint density at radius 1 is 1.06 bits per heavy atom. The molecule has 1 heterocycles. The first-order chi connectivity index (χ1) is 8.77. The van der Waals surface area contributed by atoms with Gasteiger partial charge in [-0.2, -0.15) is 0 Å². The SMILES string of the molecule is CN(C)C(=CCc1ccccn1)c1ccccc1. The first-order valence-electron chi connectivity index (χ1n) is 6.10. The topological polar surface area (TPSA) is 16.1 Å². The van der Waals surface area contributed by atoms with Crippen LogP contribution in [0.3, 0.4) is 0 Å². The molecule has 2 nitrogen and oxygen atoms in total. The third-order valence-electron chi connectivity index (χ3n) is 2.78. The summed E-state index contributed by atoms with van der Waals surface area (Å²) in [5.41, 5.74) is 3.55. The molecule has 0 radical (unpaired) electrons. The summed E-state index contributed by atoms with van der Waals surface area (Å²) in [6.07, 6.45) is 4.90. The Morgan fingerprint density at radius 2 is 1.78 bits per heavy atom. The number of pyridine rings is 1. The minimum atomic E-state index is 0.850. The Balaban J connectivity index is 2.21. The zero-order valence-electron chi connectivity index (χ0n) is 10.9. The van der Waals surface area contributed by atoms with Crippen LogP contribution >= 0.6 is 0 Å². The second-order valence-electron chi connectivity index (χ2n) is 4.38. The molecule has 2 aromatic rings. The molecule has 2 rings (SSSR count). The smallest absolute Gasteiger partial charge is 0.0442 e. The molecule has 0 saturated heterocycles. The van der Waals surface area contributed by atoms with Crippen LogP contribution in [0.1, 0.15) is 11.3 Å². The third kappa shape index (κ3) is 3.20. The minimum absolute atomic E-state index is 0.850. The predicted octanol–water partition coefficient (Wildman–Crippen LogP) is 3.23. The number of hydrogen-bond acceptors (Lipinski definition) is 2. The van der Waals surface area contributed by atoms with Crippen molar-refractivity contribution >= 4 is 5.70 Å². The van der Waals surface area contributed by atoms with Crippen LogP contribution < -0.4 is 0 Å². The average molecular weight is 238 g/mol.